The number of anilines is 1. The van der Waals surface area contributed by atoms with Crippen molar-refractivity contribution >= 4 is 23.2 Å². The third-order valence-corrected chi connectivity index (χ3v) is 5.68. The number of aromatic nitrogens is 3. The Hall–Kier alpha value is -3.15. The highest BCUT2D eigenvalue weighted by Gasteiger charge is 2.35. The van der Waals surface area contributed by atoms with Crippen LogP contribution in [0.4, 0.5) is 5.95 Å². The molecule has 1 saturated carbocycles. The fourth-order valence-electron chi connectivity index (χ4n) is 3.93. The summed E-state index contributed by atoms with van der Waals surface area (Å²) in [7, 11) is 0. The van der Waals surface area contributed by atoms with Gasteiger partial charge in [-0.3, -0.25) is 10.1 Å². The molecular formula is C23H25N5O. The molecule has 1 aliphatic carbocycles. The second-order valence-electron chi connectivity index (χ2n) is 8.92. The molecule has 0 radical (unpaired) electrons. The number of nitrogens with one attached hydrogen (secondary N) is 1. The normalized spacial score (nSPS) is 17.8. The third kappa shape index (κ3) is 3.39. The molecule has 2 aromatic heterocycles. The zero-order chi connectivity index (χ0) is 20.2. The fourth-order valence-corrected chi connectivity index (χ4v) is 3.93. The van der Waals surface area contributed by atoms with Crippen LogP contribution in [0.15, 0.2) is 49.0 Å². The highest BCUT2D eigenvalue weighted by Crippen LogP contribution is 2.35. The monoisotopic (exact) mass is 387 g/mol. The van der Waals surface area contributed by atoms with Gasteiger partial charge in [-0.1, -0.05) is 50.8 Å². The molecule has 1 N–H and O–H groups in total. The predicted octanol–water partition coefficient (Wildman–Crippen LogP) is 4.06. The van der Waals surface area contributed by atoms with Gasteiger partial charge < -0.3 is 4.90 Å². The molecule has 6 heteroatoms. The van der Waals surface area contributed by atoms with Crippen LogP contribution in [0.1, 0.15) is 32.3 Å². The number of amides is 1. The molecule has 1 aromatic carbocycles. The van der Waals surface area contributed by atoms with Gasteiger partial charge in [0.05, 0.1) is 5.69 Å². The van der Waals surface area contributed by atoms with Gasteiger partial charge >= 0.3 is 0 Å². The minimum atomic E-state index is 0.0134. The maximum absolute atomic E-state index is 12.0. The molecule has 148 valence electrons. The minimum Gasteiger partial charge on any atom is -0.370 e. The molecule has 1 saturated heterocycles. The highest BCUT2D eigenvalue weighted by molar-refractivity contribution is 5.92. The van der Waals surface area contributed by atoms with Crippen LogP contribution in [0.3, 0.4) is 0 Å². The van der Waals surface area contributed by atoms with E-state index in [1.54, 1.807) is 4.52 Å². The van der Waals surface area contributed by atoms with Crippen molar-refractivity contribution in [1.82, 2.24) is 19.5 Å². The molecule has 1 amide bonds. The molecule has 6 nitrogen and oxygen atoms in total. The van der Waals surface area contributed by atoms with Crippen molar-refractivity contribution in [3.8, 4) is 11.3 Å². The van der Waals surface area contributed by atoms with E-state index in [-0.39, 0.29) is 11.8 Å². The molecule has 0 bridgehead atoms. The number of carbonyl (C=O) groups excluding carboxylic acids is 1. The Morgan fingerprint density at radius 3 is 2.52 bits per heavy atom. The largest absolute Gasteiger partial charge is 0.370 e. The molecule has 1 aliphatic heterocycles. The van der Waals surface area contributed by atoms with Crippen LogP contribution in [-0.4, -0.2) is 38.5 Å². The van der Waals surface area contributed by atoms with E-state index >= 15 is 0 Å². The van der Waals surface area contributed by atoms with Crippen LogP contribution < -0.4 is 5.32 Å². The Balaban J connectivity index is 1.39. The van der Waals surface area contributed by atoms with Crippen molar-refractivity contribution in [2.24, 2.45) is 11.3 Å². The average molecular weight is 387 g/mol. The van der Waals surface area contributed by atoms with Crippen LogP contribution in [0.25, 0.3) is 22.6 Å². The van der Waals surface area contributed by atoms with E-state index in [0.29, 0.717) is 17.0 Å². The number of pyridine rings is 1. The van der Waals surface area contributed by atoms with Crippen LogP contribution in [0.5, 0.6) is 0 Å². The van der Waals surface area contributed by atoms with E-state index in [2.05, 4.69) is 65.0 Å². The van der Waals surface area contributed by atoms with E-state index in [4.69, 9.17) is 0 Å². The molecule has 29 heavy (non-hydrogen) atoms. The van der Waals surface area contributed by atoms with Crippen molar-refractivity contribution in [1.29, 1.82) is 0 Å². The summed E-state index contributed by atoms with van der Waals surface area (Å²) in [6, 6.07) is 14.2. The molecule has 2 aliphatic rings. The molecule has 0 unspecified atom stereocenters. The van der Waals surface area contributed by atoms with Gasteiger partial charge in [-0.05, 0) is 36.0 Å². The first-order valence-corrected chi connectivity index (χ1v) is 10.1. The number of carbonyl (C=O) groups is 1. The smallest absolute Gasteiger partial charge is 0.249 e. The van der Waals surface area contributed by atoms with Crippen LogP contribution in [-0.2, 0) is 4.79 Å². The lowest BCUT2D eigenvalue weighted by atomic mass is 9.83. The van der Waals surface area contributed by atoms with Crippen molar-refractivity contribution in [2.45, 2.75) is 26.7 Å². The summed E-state index contributed by atoms with van der Waals surface area (Å²) in [6.45, 7) is 10.9. The topological polar surface area (TPSA) is 62.5 Å². The predicted molar refractivity (Wildman–Crippen MR) is 114 cm³/mol. The van der Waals surface area contributed by atoms with Gasteiger partial charge in [-0.2, -0.15) is 4.98 Å². The van der Waals surface area contributed by atoms with Crippen LogP contribution in [0, 0.1) is 11.3 Å². The van der Waals surface area contributed by atoms with Gasteiger partial charge in [-0.15, -0.1) is 5.10 Å². The number of benzene rings is 1. The Kier molecular flexibility index (Phi) is 3.98. The molecule has 5 rings (SSSR count). The summed E-state index contributed by atoms with van der Waals surface area (Å²) in [6.07, 6.45) is 1.91. The zero-order valence-corrected chi connectivity index (χ0v) is 16.9. The van der Waals surface area contributed by atoms with E-state index in [0.717, 1.165) is 48.4 Å². The maximum atomic E-state index is 12.0. The Labute approximate surface area is 170 Å². The number of likely N-dealkylation sites (tertiary alicyclic amines) is 1. The maximum Gasteiger partial charge on any atom is 0.249 e. The van der Waals surface area contributed by atoms with E-state index in [1.807, 2.05) is 18.2 Å². The number of rotatable bonds is 5. The van der Waals surface area contributed by atoms with Gasteiger partial charge in [-0.25, -0.2) is 4.52 Å². The summed E-state index contributed by atoms with van der Waals surface area (Å²) < 4.78 is 1.78. The molecule has 3 aromatic rings. The van der Waals surface area contributed by atoms with Crippen molar-refractivity contribution in [2.75, 3.05) is 18.4 Å². The number of nitrogens with zero attached hydrogens (tertiary/aromatic N) is 4. The molecule has 0 atom stereocenters. The van der Waals surface area contributed by atoms with E-state index in [1.165, 1.54) is 0 Å². The van der Waals surface area contributed by atoms with Crippen molar-refractivity contribution < 1.29 is 4.79 Å². The summed E-state index contributed by atoms with van der Waals surface area (Å²) in [5.41, 5.74) is 5.26. The summed E-state index contributed by atoms with van der Waals surface area (Å²) >= 11 is 0. The fraction of sp³-hybridized carbons (Fsp3) is 0.348. The molecule has 3 heterocycles. The quantitative estimate of drug-likeness (QED) is 0.717. The van der Waals surface area contributed by atoms with Crippen LogP contribution >= 0.6 is 0 Å². The average Bonchev–Trinajstić information content (AvgIpc) is 3.45. The lowest BCUT2D eigenvalue weighted by molar-refractivity contribution is -0.117. The number of fused-ring (bicyclic) bond motifs is 1. The first-order valence-electron chi connectivity index (χ1n) is 10.1. The van der Waals surface area contributed by atoms with Gasteiger partial charge in [0.1, 0.15) is 0 Å². The third-order valence-electron chi connectivity index (χ3n) is 5.68. The SMILES string of the molecule is C=C(c1ccc(-c2cccc3nc(NC(=O)C4CC4)nn23)cc1)N1CC(C)(C)C1. The van der Waals surface area contributed by atoms with Gasteiger partial charge in [0.15, 0.2) is 5.65 Å². The second kappa shape index (κ2) is 6.44. The minimum absolute atomic E-state index is 0.0134. The second-order valence-corrected chi connectivity index (χ2v) is 8.92. The summed E-state index contributed by atoms with van der Waals surface area (Å²) in [5.74, 6) is 0.498. The van der Waals surface area contributed by atoms with Crippen molar-refractivity contribution in [3.63, 3.8) is 0 Å². The number of hydrogen-bond acceptors (Lipinski definition) is 4. The summed E-state index contributed by atoms with van der Waals surface area (Å²) in [5, 5.41) is 7.34. The lowest BCUT2D eigenvalue weighted by Crippen LogP contribution is -2.51. The zero-order valence-electron chi connectivity index (χ0n) is 16.9. The Morgan fingerprint density at radius 1 is 1.14 bits per heavy atom. The van der Waals surface area contributed by atoms with E-state index in [9.17, 15) is 4.79 Å². The highest BCUT2D eigenvalue weighted by atomic mass is 16.2. The first-order chi connectivity index (χ1) is 13.9. The molecule has 2 fully saturated rings. The van der Waals surface area contributed by atoms with E-state index < -0.39 is 0 Å². The Bertz CT molecular complexity index is 1100. The molecule has 0 spiro atoms. The standard InChI is InChI=1S/C23H25N5O/c1-15(27-13-23(2,3)14-27)16-7-9-17(10-8-16)19-5-4-6-20-24-22(26-28(19)20)25-21(29)18-11-12-18/h4-10,18H,1,11-14H2,2-3H3,(H,25,26,29). The van der Waals surface area contributed by atoms with Crippen LogP contribution in [0.2, 0.25) is 0 Å². The Morgan fingerprint density at radius 2 is 1.86 bits per heavy atom. The van der Waals surface area contributed by atoms with Gasteiger partial charge in [0.25, 0.3) is 0 Å². The summed E-state index contributed by atoms with van der Waals surface area (Å²) in [4.78, 5) is 18.8. The molecular weight excluding hydrogens is 362 g/mol. The van der Waals surface area contributed by atoms with Crippen molar-refractivity contribution in [3.05, 3.63) is 54.6 Å². The lowest BCUT2D eigenvalue weighted by Gasteiger charge is -2.48. The van der Waals surface area contributed by atoms with Gasteiger partial charge in [0.2, 0.25) is 11.9 Å². The number of hydrogen-bond donors (Lipinski definition) is 1. The van der Waals surface area contributed by atoms with Gasteiger partial charge in [0, 0.05) is 30.3 Å². The first kappa shape index (κ1) is 17.9.